The lowest BCUT2D eigenvalue weighted by Gasteiger charge is -2.24. The van der Waals surface area contributed by atoms with E-state index in [0.29, 0.717) is 0 Å². The Labute approximate surface area is 160 Å². The average Bonchev–Trinajstić information content (AvgIpc) is 3.35. The maximum atomic E-state index is 13.0. The van der Waals surface area contributed by atoms with E-state index in [9.17, 15) is 4.79 Å². The number of carbonyl (C=O) groups is 1. The first kappa shape index (κ1) is 17.8. The molecule has 0 saturated carbocycles. The van der Waals surface area contributed by atoms with Gasteiger partial charge < -0.3 is 9.32 Å². The number of hydrogen-bond donors (Lipinski definition) is 0. The lowest BCUT2D eigenvalue weighted by molar-refractivity contribution is 0.0727. The molecule has 1 atom stereocenters. The number of likely N-dealkylation sites (tertiary alicyclic amines) is 1. The van der Waals surface area contributed by atoms with Crippen LogP contribution in [0.2, 0.25) is 0 Å². The second kappa shape index (κ2) is 7.57. The van der Waals surface area contributed by atoms with Gasteiger partial charge in [-0.15, -0.1) is 0 Å². The number of rotatable bonds is 5. The molecule has 4 nitrogen and oxygen atoms in total. The topological polar surface area (TPSA) is 36.7 Å². The van der Waals surface area contributed by atoms with Gasteiger partial charge in [0.15, 0.2) is 0 Å². The van der Waals surface area contributed by atoms with Crippen LogP contribution in [-0.4, -0.2) is 35.8 Å². The Balaban J connectivity index is 1.50. The van der Waals surface area contributed by atoms with Crippen molar-refractivity contribution < 1.29 is 9.21 Å². The minimum atomic E-state index is -0.132. The number of amides is 1. The molecule has 0 spiro atoms. The van der Waals surface area contributed by atoms with Gasteiger partial charge in [0, 0.05) is 24.5 Å². The van der Waals surface area contributed by atoms with Crippen molar-refractivity contribution in [3.05, 3.63) is 71.5 Å². The molecule has 1 aliphatic rings. The van der Waals surface area contributed by atoms with Crippen molar-refractivity contribution >= 4 is 16.9 Å². The minimum Gasteiger partial charge on any atom is -0.459 e. The summed E-state index contributed by atoms with van der Waals surface area (Å²) in [6.07, 6.45) is 2.55. The van der Waals surface area contributed by atoms with Gasteiger partial charge in [0.2, 0.25) is 0 Å². The van der Waals surface area contributed by atoms with Gasteiger partial charge in [0.25, 0.3) is 5.91 Å². The molecule has 1 aliphatic heterocycles. The van der Waals surface area contributed by atoms with Crippen LogP contribution >= 0.6 is 0 Å². The van der Waals surface area contributed by atoms with E-state index >= 15 is 0 Å². The Bertz CT molecular complexity index is 907. The molecule has 3 aromatic rings. The molecule has 1 fully saturated rings. The van der Waals surface area contributed by atoms with Crippen LogP contribution in [0, 0.1) is 0 Å². The lowest BCUT2D eigenvalue weighted by Crippen LogP contribution is -2.29. The first-order chi connectivity index (χ1) is 13.1. The molecule has 1 aromatic heterocycles. The number of hydrogen-bond acceptors (Lipinski definition) is 3. The molecule has 1 amide bonds. The number of carbonyl (C=O) groups excluding carboxylic acids is 1. The summed E-state index contributed by atoms with van der Waals surface area (Å²) in [5, 5.41) is 1.06. The number of nitrogens with zero attached hydrogens (tertiary/aromatic N) is 2. The predicted octanol–water partition coefficient (Wildman–Crippen LogP) is 4.86. The molecule has 1 saturated heterocycles. The molecule has 4 heteroatoms. The third-order valence-corrected chi connectivity index (χ3v) is 5.54. The average molecular weight is 362 g/mol. The quantitative estimate of drug-likeness (QED) is 0.650. The molecular formula is C23H26N2O2. The second-order valence-electron chi connectivity index (χ2n) is 7.46. The first-order valence-electron chi connectivity index (χ1n) is 9.69. The summed E-state index contributed by atoms with van der Waals surface area (Å²) in [7, 11) is 1.84. The zero-order valence-corrected chi connectivity index (χ0v) is 16.0. The standard InChI is InChI=1S/C23H26N2O2/c1-17(22-15-19-9-3-4-11-21(19)27-22)24(2)23(26)20-10-7-8-18(14-20)16-25-12-5-6-13-25/h3-4,7-11,14-15,17H,5-6,12-13,16H2,1-2H3. The fourth-order valence-electron chi connectivity index (χ4n) is 3.78. The van der Waals surface area contributed by atoms with Crippen LogP contribution in [0.25, 0.3) is 11.0 Å². The molecule has 0 N–H and O–H groups in total. The van der Waals surface area contributed by atoms with Crippen LogP contribution in [0.5, 0.6) is 0 Å². The lowest BCUT2D eigenvalue weighted by atomic mass is 10.1. The second-order valence-corrected chi connectivity index (χ2v) is 7.46. The van der Waals surface area contributed by atoms with Gasteiger partial charge in [0.05, 0.1) is 6.04 Å². The molecule has 2 aromatic carbocycles. The van der Waals surface area contributed by atoms with Gasteiger partial charge in [-0.3, -0.25) is 9.69 Å². The largest absolute Gasteiger partial charge is 0.459 e. The Morgan fingerprint density at radius 3 is 2.67 bits per heavy atom. The molecule has 2 heterocycles. The third-order valence-electron chi connectivity index (χ3n) is 5.54. The predicted molar refractivity (Wildman–Crippen MR) is 108 cm³/mol. The first-order valence-corrected chi connectivity index (χ1v) is 9.69. The van der Waals surface area contributed by atoms with Gasteiger partial charge in [-0.1, -0.05) is 30.3 Å². The summed E-state index contributed by atoms with van der Waals surface area (Å²) in [5.74, 6) is 0.825. The highest BCUT2D eigenvalue weighted by Gasteiger charge is 2.22. The summed E-state index contributed by atoms with van der Waals surface area (Å²) < 4.78 is 5.95. The minimum absolute atomic E-state index is 0.0197. The highest BCUT2D eigenvalue weighted by molar-refractivity contribution is 5.94. The van der Waals surface area contributed by atoms with E-state index in [2.05, 4.69) is 11.0 Å². The van der Waals surface area contributed by atoms with Gasteiger partial charge in [-0.2, -0.15) is 0 Å². The normalized spacial score (nSPS) is 15.9. The van der Waals surface area contributed by atoms with Gasteiger partial charge in [-0.25, -0.2) is 0 Å². The summed E-state index contributed by atoms with van der Waals surface area (Å²) in [6, 6.07) is 17.8. The smallest absolute Gasteiger partial charge is 0.254 e. The molecule has 4 rings (SSSR count). The number of fused-ring (bicyclic) bond motifs is 1. The van der Waals surface area contributed by atoms with Crippen molar-refractivity contribution in [2.45, 2.75) is 32.4 Å². The monoisotopic (exact) mass is 362 g/mol. The van der Waals surface area contributed by atoms with E-state index < -0.39 is 0 Å². The fraction of sp³-hybridized carbons (Fsp3) is 0.348. The number of para-hydroxylation sites is 1. The van der Waals surface area contributed by atoms with E-state index in [-0.39, 0.29) is 11.9 Å². The molecule has 0 aliphatic carbocycles. The number of furan rings is 1. The fourth-order valence-corrected chi connectivity index (χ4v) is 3.78. The summed E-state index contributed by atoms with van der Waals surface area (Å²) >= 11 is 0. The van der Waals surface area contributed by atoms with Gasteiger partial charge >= 0.3 is 0 Å². The molecular weight excluding hydrogens is 336 g/mol. The summed E-state index contributed by atoms with van der Waals surface area (Å²) in [6.45, 7) is 5.23. The third kappa shape index (κ3) is 3.76. The molecule has 0 radical (unpaired) electrons. The van der Waals surface area contributed by atoms with Crippen LogP contribution in [0.3, 0.4) is 0 Å². The summed E-state index contributed by atoms with van der Waals surface area (Å²) in [5.41, 5.74) is 2.79. The van der Waals surface area contributed by atoms with Crippen LogP contribution in [0.15, 0.2) is 59.0 Å². The Hall–Kier alpha value is -2.59. The van der Waals surface area contributed by atoms with Crippen molar-refractivity contribution in [1.82, 2.24) is 9.80 Å². The van der Waals surface area contributed by atoms with Gasteiger partial charge in [0.1, 0.15) is 11.3 Å². The van der Waals surface area contributed by atoms with Crippen LogP contribution < -0.4 is 0 Å². The molecule has 0 bridgehead atoms. The molecule has 140 valence electrons. The molecule has 1 unspecified atom stereocenters. The SMILES string of the molecule is CC(c1cc2ccccc2o1)N(C)C(=O)c1cccc(CN2CCCC2)c1. The highest BCUT2D eigenvalue weighted by atomic mass is 16.3. The van der Waals surface area contributed by atoms with Crippen molar-refractivity contribution in [3.63, 3.8) is 0 Å². The zero-order chi connectivity index (χ0) is 18.8. The summed E-state index contributed by atoms with van der Waals surface area (Å²) in [4.78, 5) is 17.2. The van der Waals surface area contributed by atoms with Crippen LogP contribution in [0.1, 0.15) is 47.5 Å². The number of benzene rings is 2. The Morgan fingerprint density at radius 2 is 1.89 bits per heavy atom. The Morgan fingerprint density at radius 1 is 1.11 bits per heavy atom. The van der Waals surface area contributed by atoms with Crippen molar-refractivity contribution in [1.29, 1.82) is 0 Å². The highest BCUT2D eigenvalue weighted by Crippen LogP contribution is 2.27. The van der Waals surface area contributed by atoms with E-state index in [0.717, 1.165) is 41.9 Å². The Kier molecular flexibility index (Phi) is 4.99. The maximum Gasteiger partial charge on any atom is 0.254 e. The molecule has 27 heavy (non-hydrogen) atoms. The van der Waals surface area contributed by atoms with E-state index in [1.54, 1.807) is 4.90 Å². The van der Waals surface area contributed by atoms with Gasteiger partial charge in [-0.05, 0) is 62.7 Å². The maximum absolute atomic E-state index is 13.0. The van der Waals surface area contributed by atoms with Crippen molar-refractivity contribution in [2.24, 2.45) is 0 Å². The van der Waals surface area contributed by atoms with E-state index in [1.165, 1.54) is 18.4 Å². The zero-order valence-electron chi connectivity index (χ0n) is 16.0. The van der Waals surface area contributed by atoms with Crippen molar-refractivity contribution in [2.75, 3.05) is 20.1 Å². The van der Waals surface area contributed by atoms with Crippen molar-refractivity contribution in [3.8, 4) is 0 Å². The van der Waals surface area contributed by atoms with Crippen LogP contribution in [-0.2, 0) is 6.54 Å². The van der Waals surface area contributed by atoms with E-state index in [4.69, 9.17) is 4.42 Å². The van der Waals surface area contributed by atoms with E-state index in [1.807, 2.05) is 62.5 Å². The van der Waals surface area contributed by atoms with Crippen LogP contribution in [0.4, 0.5) is 0 Å².